The zero-order valence-corrected chi connectivity index (χ0v) is 22.1. The maximum atomic E-state index is 5.09. The molecule has 0 bridgehead atoms. The van der Waals surface area contributed by atoms with Crippen molar-refractivity contribution in [2.75, 3.05) is 0 Å². The molecule has 0 radical (unpaired) electrons. The maximum absolute atomic E-state index is 5.09. The molecule has 0 amide bonds. The minimum atomic E-state index is 0.584. The van der Waals surface area contributed by atoms with Crippen molar-refractivity contribution in [1.29, 1.82) is 0 Å². The SMILES string of the molecule is c1ccc(-c2cccc(-c3nc(-c4ccc5scnc5c4)nc(-n4c5ccccc5c5ccccc54)n3)c2)cc1. The van der Waals surface area contributed by atoms with E-state index in [1.165, 1.54) is 0 Å². The summed E-state index contributed by atoms with van der Waals surface area (Å²) in [6.45, 7) is 0. The summed E-state index contributed by atoms with van der Waals surface area (Å²) in [5, 5.41) is 2.33. The second-order valence-corrected chi connectivity index (χ2v) is 10.5. The first kappa shape index (κ1) is 22.8. The highest BCUT2D eigenvalue weighted by atomic mass is 32.1. The Bertz CT molecular complexity index is 2130. The van der Waals surface area contributed by atoms with Gasteiger partial charge in [0.15, 0.2) is 11.6 Å². The van der Waals surface area contributed by atoms with Gasteiger partial charge in [-0.1, -0.05) is 84.9 Å². The van der Waals surface area contributed by atoms with Crippen LogP contribution >= 0.6 is 11.3 Å². The molecule has 0 aliphatic rings. The highest BCUT2D eigenvalue weighted by molar-refractivity contribution is 7.16. The van der Waals surface area contributed by atoms with E-state index in [1.54, 1.807) is 11.3 Å². The molecule has 0 atom stereocenters. The van der Waals surface area contributed by atoms with E-state index in [0.29, 0.717) is 17.6 Å². The maximum Gasteiger partial charge on any atom is 0.238 e. The number of rotatable bonds is 4. The number of para-hydroxylation sites is 2. The number of thiazole rings is 1. The molecule has 3 heterocycles. The van der Waals surface area contributed by atoms with Crippen LogP contribution < -0.4 is 0 Å². The lowest BCUT2D eigenvalue weighted by Crippen LogP contribution is -2.06. The zero-order chi connectivity index (χ0) is 26.5. The van der Waals surface area contributed by atoms with Gasteiger partial charge in [-0.3, -0.25) is 4.57 Å². The molecule has 3 aromatic heterocycles. The average Bonchev–Trinajstić information content (AvgIpc) is 3.64. The Hall–Kier alpha value is -5.20. The molecule has 0 fully saturated rings. The second-order valence-electron chi connectivity index (χ2n) is 9.63. The molecule has 0 aliphatic heterocycles. The van der Waals surface area contributed by atoms with E-state index in [-0.39, 0.29) is 0 Å². The van der Waals surface area contributed by atoms with Crippen molar-refractivity contribution in [3.8, 4) is 39.9 Å². The van der Waals surface area contributed by atoms with Gasteiger partial charge in [0.2, 0.25) is 5.95 Å². The molecule has 0 N–H and O–H groups in total. The molecule has 8 aromatic rings. The zero-order valence-electron chi connectivity index (χ0n) is 21.3. The van der Waals surface area contributed by atoms with E-state index < -0.39 is 0 Å². The summed E-state index contributed by atoms with van der Waals surface area (Å²) in [6.07, 6.45) is 0. The quantitative estimate of drug-likeness (QED) is 0.228. The molecule has 0 unspecified atom stereocenters. The van der Waals surface area contributed by atoms with Gasteiger partial charge in [0.1, 0.15) is 0 Å². The van der Waals surface area contributed by atoms with Gasteiger partial charge in [-0.15, -0.1) is 11.3 Å². The summed E-state index contributed by atoms with van der Waals surface area (Å²) < 4.78 is 3.28. The lowest BCUT2D eigenvalue weighted by molar-refractivity contribution is 0.953. The van der Waals surface area contributed by atoms with Crippen molar-refractivity contribution >= 4 is 43.4 Å². The van der Waals surface area contributed by atoms with Crippen LogP contribution in [0.2, 0.25) is 0 Å². The van der Waals surface area contributed by atoms with Crippen molar-refractivity contribution in [2.45, 2.75) is 0 Å². The van der Waals surface area contributed by atoms with Gasteiger partial charge in [0.05, 0.1) is 26.8 Å². The third kappa shape index (κ3) is 3.77. The molecule has 5 nitrogen and oxygen atoms in total. The van der Waals surface area contributed by atoms with E-state index in [2.05, 4.69) is 125 Å². The van der Waals surface area contributed by atoms with Crippen LogP contribution in [0.4, 0.5) is 0 Å². The summed E-state index contributed by atoms with van der Waals surface area (Å²) in [6, 6.07) is 41.8. The standard InChI is InChI=1S/C34H21N5S/c1-2-9-22(10-3-1)23-11-8-12-24(19-23)32-36-33(25-17-18-31-28(20-25)35-21-40-31)38-34(37-32)39-29-15-6-4-13-26(29)27-14-5-7-16-30(27)39/h1-21H. The fourth-order valence-corrected chi connectivity index (χ4v) is 5.99. The lowest BCUT2D eigenvalue weighted by Gasteiger charge is -2.11. The van der Waals surface area contributed by atoms with Gasteiger partial charge >= 0.3 is 0 Å². The Morgan fingerprint density at radius 2 is 1.12 bits per heavy atom. The summed E-state index contributed by atoms with van der Waals surface area (Å²) in [4.78, 5) is 19.7. The van der Waals surface area contributed by atoms with Crippen LogP contribution in [0.15, 0.2) is 127 Å². The van der Waals surface area contributed by atoms with Crippen molar-refractivity contribution in [1.82, 2.24) is 24.5 Å². The Morgan fingerprint density at radius 3 is 1.88 bits per heavy atom. The molecule has 40 heavy (non-hydrogen) atoms. The minimum Gasteiger partial charge on any atom is -0.278 e. The largest absolute Gasteiger partial charge is 0.278 e. The number of aromatic nitrogens is 5. The first-order valence-corrected chi connectivity index (χ1v) is 13.9. The van der Waals surface area contributed by atoms with E-state index in [9.17, 15) is 0 Å². The van der Waals surface area contributed by atoms with Gasteiger partial charge in [-0.05, 0) is 47.5 Å². The van der Waals surface area contributed by atoms with Crippen molar-refractivity contribution in [3.05, 3.63) is 127 Å². The summed E-state index contributed by atoms with van der Waals surface area (Å²) in [5.74, 6) is 1.82. The summed E-state index contributed by atoms with van der Waals surface area (Å²) in [5.41, 5.74) is 9.02. The van der Waals surface area contributed by atoms with E-state index in [4.69, 9.17) is 15.0 Å². The van der Waals surface area contributed by atoms with Gasteiger partial charge in [-0.2, -0.15) is 9.97 Å². The van der Waals surface area contributed by atoms with Gasteiger partial charge in [-0.25, -0.2) is 9.97 Å². The highest BCUT2D eigenvalue weighted by Gasteiger charge is 2.18. The smallest absolute Gasteiger partial charge is 0.238 e. The van der Waals surface area contributed by atoms with Crippen LogP contribution in [0, 0.1) is 0 Å². The van der Waals surface area contributed by atoms with Crippen LogP contribution in [0.1, 0.15) is 0 Å². The van der Waals surface area contributed by atoms with E-state index >= 15 is 0 Å². The topological polar surface area (TPSA) is 56.5 Å². The fraction of sp³-hybridized carbons (Fsp3) is 0. The highest BCUT2D eigenvalue weighted by Crippen LogP contribution is 2.33. The third-order valence-electron chi connectivity index (χ3n) is 7.22. The number of fused-ring (bicyclic) bond motifs is 4. The number of benzene rings is 5. The minimum absolute atomic E-state index is 0.584. The number of hydrogen-bond donors (Lipinski definition) is 0. The van der Waals surface area contributed by atoms with Gasteiger partial charge in [0, 0.05) is 21.9 Å². The molecular weight excluding hydrogens is 510 g/mol. The first-order chi connectivity index (χ1) is 19.8. The number of hydrogen-bond acceptors (Lipinski definition) is 5. The van der Waals surface area contributed by atoms with Crippen LogP contribution in [-0.4, -0.2) is 24.5 Å². The Balaban J connectivity index is 1.40. The van der Waals surface area contributed by atoms with Crippen molar-refractivity contribution in [3.63, 3.8) is 0 Å². The molecule has 188 valence electrons. The fourth-order valence-electron chi connectivity index (χ4n) is 5.33. The van der Waals surface area contributed by atoms with E-state index in [1.807, 2.05) is 11.6 Å². The summed E-state index contributed by atoms with van der Waals surface area (Å²) in [7, 11) is 0. The summed E-state index contributed by atoms with van der Waals surface area (Å²) >= 11 is 1.63. The third-order valence-corrected chi connectivity index (χ3v) is 8.03. The van der Waals surface area contributed by atoms with Crippen LogP contribution in [0.5, 0.6) is 0 Å². The predicted octanol–water partition coefficient (Wildman–Crippen LogP) is 8.58. The molecule has 5 aromatic carbocycles. The lowest BCUT2D eigenvalue weighted by atomic mass is 10.0. The average molecular weight is 532 g/mol. The van der Waals surface area contributed by atoms with Gasteiger partial charge in [0.25, 0.3) is 0 Å². The monoisotopic (exact) mass is 531 g/mol. The normalized spacial score (nSPS) is 11.5. The molecular formula is C34H21N5S. The van der Waals surface area contributed by atoms with Crippen molar-refractivity contribution < 1.29 is 0 Å². The number of nitrogens with zero attached hydrogens (tertiary/aromatic N) is 5. The van der Waals surface area contributed by atoms with Crippen LogP contribution in [-0.2, 0) is 0 Å². The molecule has 0 saturated carbocycles. The van der Waals surface area contributed by atoms with Crippen molar-refractivity contribution in [2.24, 2.45) is 0 Å². The molecule has 6 heteroatoms. The molecule has 0 aliphatic carbocycles. The predicted molar refractivity (Wildman–Crippen MR) is 164 cm³/mol. The Labute approximate surface area is 234 Å². The molecule has 0 saturated heterocycles. The first-order valence-electron chi connectivity index (χ1n) is 13.1. The van der Waals surface area contributed by atoms with Crippen LogP contribution in [0.25, 0.3) is 71.9 Å². The Morgan fingerprint density at radius 1 is 0.500 bits per heavy atom. The van der Waals surface area contributed by atoms with Gasteiger partial charge < -0.3 is 0 Å². The molecule has 8 rings (SSSR count). The van der Waals surface area contributed by atoms with Crippen LogP contribution in [0.3, 0.4) is 0 Å². The second kappa shape index (κ2) is 9.22. The Kier molecular flexibility index (Phi) is 5.24. The molecule has 0 spiro atoms. The van der Waals surface area contributed by atoms with E-state index in [0.717, 1.165) is 54.3 Å².